The van der Waals surface area contributed by atoms with Crippen LogP contribution in [0, 0.1) is 29.5 Å². The lowest BCUT2D eigenvalue weighted by Crippen LogP contribution is -2.59. The lowest BCUT2D eigenvalue weighted by molar-refractivity contribution is -0.136. The van der Waals surface area contributed by atoms with Gasteiger partial charge in [-0.1, -0.05) is 18.7 Å². The van der Waals surface area contributed by atoms with Crippen molar-refractivity contribution in [2.75, 3.05) is 42.5 Å². The van der Waals surface area contributed by atoms with E-state index in [0.717, 1.165) is 28.4 Å². The van der Waals surface area contributed by atoms with Gasteiger partial charge in [-0.2, -0.15) is 5.26 Å². The molecule has 0 saturated carbocycles. The van der Waals surface area contributed by atoms with Gasteiger partial charge in [0.05, 0.1) is 23.4 Å². The van der Waals surface area contributed by atoms with Gasteiger partial charge in [-0.3, -0.25) is 4.79 Å². The van der Waals surface area contributed by atoms with Gasteiger partial charge < -0.3 is 19.8 Å². The topological polar surface area (TPSA) is 96.6 Å². The fourth-order valence-corrected chi connectivity index (χ4v) is 6.94. The van der Waals surface area contributed by atoms with Crippen LogP contribution in [0.4, 0.5) is 15.2 Å². The second-order valence-electron chi connectivity index (χ2n) is 10.3. The maximum Gasteiger partial charge on any atom is 0.245 e. The van der Waals surface area contributed by atoms with Gasteiger partial charge in [-0.15, -0.1) is 11.3 Å². The monoisotopic (exact) mass is 530 g/mol. The Bertz CT molecular complexity index is 1510. The second kappa shape index (κ2) is 9.10. The van der Waals surface area contributed by atoms with Gasteiger partial charge >= 0.3 is 0 Å². The Kier molecular flexibility index (Phi) is 5.83. The van der Waals surface area contributed by atoms with E-state index < -0.39 is 11.6 Å². The predicted molar refractivity (Wildman–Crippen MR) is 144 cm³/mol. The molecule has 2 fully saturated rings. The number of pyridine rings is 1. The van der Waals surface area contributed by atoms with Crippen LogP contribution in [0.5, 0.6) is 5.75 Å². The van der Waals surface area contributed by atoms with Crippen molar-refractivity contribution in [3.05, 3.63) is 64.7 Å². The fourth-order valence-electron chi connectivity index (χ4n) is 6.10. The van der Waals surface area contributed by atoms with Crippen LogP contribution in [-0.2, 0) is 17.8 Å². The summed E-state index contributed by atoms with van der Waals surface area (Å²) < 4.78 is 15.3. The Hall–Kier alpha value is -3.97. The third-order valence-electron chi connectivity index (χ3n) is 7.98. The third kappa shape index (κ3) is 3.80. The molecule has 1 spiro atoms. The first-order chi connectivity index (χ1) is 18.3. The van der Waals surface area contributed by atoms with Gasteiger partial charge in [0.2, 0.25) is 5.91 Å². The second-order valence-corrected chi connectivity index (χ2v) is 11.2. The van der Waals surface area contributed by atoms with E-state index in [4.69, 9.17) is 4.98 Å². The maximum atomic E-state index is 15.3. The van der Waals surface area contributed by atoms with E-state index in [1.54, 1.807) is 28.4 Å². The predicted octanol–water partition coefficient (Wildman–Crippen LogP) is 4.02. The number of hydrogen-bond acceptors (Lipinski definition) is 8. The molecule has 1 N–H and O–H groups in total. The van der Waals surface area contributed by atoms with Crippen molar-refractivity contribution in [1.82, 2.24) is 14.9 Å². The zero-order valence-corrected chi connectivity index (χ0v) is 21.9. The van der Waals surface area contributed by atoms with Crippen molar-refractivity contribution in [3.63, 3.8) is 0 Å². The summed E-state index contributed by atoms with van der Waals surface area (Å²) >= 11 is 1.58. The van der Waals surface area contributed by atoms with Crippen molar-refractivity contribution in [1.29, 1.82) is 5.26 Å². The molecule has 0 unspecified atom stereocenters. The highest BCUT2D eigenvalue weighted by Crippen LogP contribution is 2.45. The molecule has 2 aromatic heterocycles. The number of benzene rings is 1. The van der Waals surface area contributed by atoms with Gasteiger partial charge in [-0.05, 0) is 37.5 Å². The lowest BCUT2D eigenvalue weighted by Gasteiger charge is -2.47. The minimum Gasteiger partial charge on any atom is -0.505 e. The lowest BCUT2D eigenvalue weighted by atomic mass is 9.79. The first-order valence-corrected chi connectivity index (χ1v) is 13.5. The molecule has 0 aliphatic carbocycles. The SMILES string of the molecule is C=CC(=O)N1CC2(CCN(c3nc4c(c(-c5cccc(O)c5F)c3C#N)CCN(c3scnc3C)C4)C2)C1. The summed E-state index contributed by atoms with van der Waals surface area (Å²) in [5.74, 6) is -0.714. The average molecular weight is 531 g/mol. The molecule has 6 rings (SSSR count). The van der Waals surface area contributed by atoms with Crippen LogP contribution in [0.15, 0.2) is 36.4 Å². The smallest absolute Gasteiger partial charge is 0.245 e. The number of fused-ring (bicyclic) bond motifs is 1. The Morgan fingerprint density at radius 3 is 2.82 bits per heavy atom. The van der Waals surface area contributed by atoms with E-state index >= 15 is 4.39 Å². The minimum atomic E-state index is -0.737. The fraction of sp³-hybridized carbons (Fsp3) is 0.357. The molecule has 0 bridgehead atoms. The van der Waals surface area contributed by atoms with Gasteiger partial charge in [0.25, 0.3) is 0 Å². The van der Waals surface area contributed by atoms with Crippen molar-refractivity contribution in [3.8, 4) is 22.9 Å². The Balaban J connectivity index is 1.44. The number of carbonyl (C=O) groups excluding carboxylic acids is 1. The zero-order chi connectivity index (χ0) is 26.6. The van der Waals surface area contributed by atoms with Crippen LogP contribution in [0.2, 0.25) is 0 Å². The quantitative estimate of drug-likeness (QED) is 0.509. The van der Waals surface area contributed by atoms with Gasteiger partial charge in [0.1, 0.15) is 22.5 Å². The van der Waals surface area contributed by atoms with E-state index in [0.29, 0.717) is 62.6 Å². The molecule has 8 nitrogen and oxygen atoms in total. The number of nitrogens with zero attached hydrogens (tertiary/aromatic N) is 6. The number of phenolic OH excluding ortho intramolecular Hbond substituents is 1. The number of aromatic nitrogens is 2. The number of halogens is 1. The number of thiazole rings is 1. The van der Waals surface area contributed by atoms with Crippen LogP contribution >= 0.6 is 11.3 Å². The number of carbonyl (C=O) groups is 1. The highest BCUT2D eigenvalue weighted by molar-refractivity contribution is 7.14. The van der Waals surface area contributed by atoms with Crippen molar-refractivity contribution < 1.29 is 14.3 Å². The molecule has 0 radical (unpaired) electrons. The van der Waals surface area contributed by atoms with E-state index in [1.807, 2.05) is 12.4 Å². The summed E-state index contributed by atoms with van der Waals surface area (Å²) in [5, 5.41) is 21.6. The van der Waals surface area contributed by atoms with Crippen LogP contribution in [0.25, 0.3) is 11.1 Å². The normalized spacial score (nSPS) is 17.8. The van der Waals surface area contributed by atoms with E-state index in [1.165, 1.54) is 12.1 Å². The number of hydrogen-bond donors (Lipinski definition) is 1. The summed E-state index contributed by atoms with van der Waals surface area (Å²) in [6, 6.07) is 6.86. The van der Waals surface area contributed by atoms with Crippen LogP contribution in [0.3, 0.4) is 0 Å². The van der Waals surface area contributed by atoms with Gasteiger partial charge in [0.15, 0.2) is 11.6 Å². The minimum absolute atomic E-state index is 0.0504. The molecule has 3 aromatic rings. The standard InChI is InChI=1S/C28H27FN6O2S/c1-3-23(37)35-14-28(15-35)8-10-34(13-28)26-20(11-30)24(19-5-4-6-22(36)25(19)29)18-7-9-33(12-21(18)32-26)27-17(2)31-16-38-27/h3-6,16,36H,1,7-10,12-15H2,2H3. The molecule has 1 aromatic carbocycles. The molecule has 0 atom stereocenters. The zero-order valence-electron chi connectivity index (χ0n) is 21.1. The van der Waals surface area contributed by atoms with Gasteiger partial charge in [-0.25, -0.2) is 14.4 Å². The molecule has 38 heavy (non-hydrogen) atoms. The largest absolute Gasteiger partial charge is 0.505 e. The summed E-state index contributed by atoms with van der Waals surface area (Å²) in [7, 11) is 0. The third-order valence-corrected chi connectivity index (χ3v) is 8.97. The van der Waals surface area contributed by atoms with Crippen LogP contribution in [0.1, 0.15) is 28.9 Å². The van der Waals surface area contributed by atoms with Crippen molar-refractivity contribution in [2.45, 2.75) is 26.3 Å². The number of likely N-dealkylation sites (tertiary alicyclic amines) is 1. The van der Waals surface area contributed by atoms with E-state index in [9.17, 15) is 15.2 Å². The van der Waals surface area contributed by atoms with Gasteiger partial charge in [0, 0.05) is 49.3 Å². The number of amides is 1. The molecule has 194 valence electrons. The van der Waals surface area contributed by atoms with Crippen molar-refractivity contribution >= 4 is 28.1 Å². The molecular formula is C28H27FN6O2S. The first kappa shape index (κ1) is 24.4. The maximum absolute atomic E-state index is 15.3. The summed E-state index contributed by atoms with van der Waals surface area (Å²) in [6.45, 7) is 9.42. The molecule has 10 heteroatoms. The first-order valence-electron chi connectivity index (χ1n) is 12.6. The molecule has 5 heterocycles. The summed E-state index contributed by atoms with van der Waals surface area (Å²) in [5.41, 5.74) is 5.42. The number of nitriles is 1. The Morgan fingerprint density at radius 2 is 2.11 bits per heavy atom. The summed E-state index contributed by atoms with van der Waals surface area (Å²) in [4.78, 5) is 27.6. The molecular weight excluding hydrogens is 503 g/mol. The van der Waals surface area contributed by atoms with Crippen LogP contribution in [-0.4, -0.2) is 58.6 Å². The highest BCUT2D eigenvalue weighted by atomic mass is 32.1. The molecule has 3 aliphatic heterocycles. The molecule has 2 saturated heterocycles. The summed E-state index contributed by atoms with van der Waals surface area (Å²) in [6.07, 6.45) is 2.80. The molecule has 3 aliphatic rings. The number of aryl methyl sites for hydroxylation is 1. The number of phenols is 1. The number of anilines is 2. The average Bonchev–Trinajstić information content (AvgIpc) is 3.54. The van der Waals surface area contributed by atoms with Crippen LogP contribution < -0.4 is 9.80 Å². The van der Waals surface area contributed by atoms with E-state index in [-0.39, 0.29) is 16.9 Å². The van der Waals surface area contributed by atoms with E-state index in [2.05, 4.69) is 27.4 Å². The number of rotatable bonds is 4. The highest BCUT2D eigenvalue weighted by Gasteiger charge is 2.49. The van der Waals surface area contributed by atoms with Crippen molar-refractivity contribution in [2.24, 2.45) is 5.41 Å². The Labute approximate surface area is 224 Å². The number of aromatic hydroxyl groups is 1. The Morgan fingerprint density at radius 1 is 1.29 bits per heavy atom. The molecule has 1 amide bonds.